The van der Waals surface area contributed by atoms with Crippen LogP contribution in [0.2, 0.25) is 0 Å². The minimum Gasteiger partial charge on any atom is -0.303 e. The van der Waals surface area contributed by atoms with E-state index in [4.69, 9.17) is 0 Å². The smallest absolute Gasteiger partial charge is 0.303 e. The van der Waals surface area contributed by atoms with Crippen LogP contribution in [0.4, 0.5) is 13.2 Å². The van der Waals surface area contributed by atoms with Crippen LogP contribution in [0.1, 0.15) is 17.2 Å². The summed E-state index contributed by atoms with van der Waals surface area (Å²) in [4.78, 5) is 8.23. The van der Waals surface area contributed by atoms with Crippen molar-refractivity contribution >= 4 is 17.6 Å². The molecule has 2 aromatic heterocycles. The van der Waals surface area contributed by atoms with Crippen LogP contribution in [-0.4, -0.2) is 31.9 Å². The van der Waals surface area contributed by atoms with Crippen molar-refractivity contribution in [1.82, 2.24) is 18.7 Å². The van der Waals surface area contributed by atoms with Crippen LogP contribution >= 0.6 is 11.9 Å². The summed E-state index contributed by atoms with van der Waals surface area (Å²) in [5.74, 6) is 0. The molecule has 1 unspecified atom stereocenters. The largest absolute Gasteiger partial charge is 0.408 e. The zero-order valence-electron chi connectivity index (χ0n) is 13.0. The lowest BCUT2D eigenvalue weighted by Crippen LogP contribution is -2.32. The van der Waals surface area contributed by atoms with E-state index in [0.29, 0.717) is 10.7 Å². The maximum atomic E-state index is 13.6. The summed E-state index contributed by atoms with van der Waals surface area (Å²) in [5, 5.41) is 0.462. The highest BCUT2D eigenvalue weighted by atomic mass is 32.2. The number of halogens is 3. The third-order valence-corrected chi connectivity index (χ3v) is 4.46. The minimum absolute atomic E-state index is 0.201. The van der Waals surface area contributed by atoms with Crippen LogP contribution in [0.25, 0.3) is 5.65 Å². The Labute approximate surface area is 141 Å². The maximum Gasteiger partial charge on any atom is 0.408 e. The van der Waals surface area contributed by atoms with E-state index in [1.807, 2.05) is 6.92 Å². The first-order valence-corrected chi connectivity index (χ1v) is 7.95. The second-order valence-corrected chi connectivity index (χ2v) is 6.59. The van der Waals surface area contributed by atoms with Crippen molar-refractivity contribution < 1.29 is 13.2 Å². The van der Waals surface area contributed by atoms with Gasteiger partial charge in [0.05, 0.1) is 6.20 Å². The van der Waals surface area contributed by atoms with Crippen molar-refractivity contribution in [2.24, 2.45) is 0 Å². The van der Waals surface area contributed by atoms with Gasteiger partial charge in [-0.25, -0.2) is 14.3 Å². The highest BCUT2D eigenvalue weighted by molar-refractivity contribution is 7.97. The van der Waals surface area contributed by atoms with E-state index in [1.54, 1.807) is 35.1 Å². The number of nitrogens with zero attached hydrogens (tertiary/aromatic N) is 4. The van der Waals surface area contributed by atoms with Crippen molar-refractivity contribution in [3.63, 3.8) is 0 Å². The van der Waals surface area contributed by atoms with Crippen LogP contribution in [-0.2, 0) is 0 Å². The lowest BCUT2D eigenvalue weighted by atomic mass is 10.1. The minimum atomic E-state index is -4.39. The molecule has 1 atom stereocenters. The van der Waals surface area contributed by atoms with Crippen molar-refractivity contribution in [2.45, 2.75) is 24.2 Å². The molecule has 4 nitrogen and oxygen atoms in total. The van der Waals surface area contributed by atoms with E-state index in [1.165, 1.54) is 29.7 Å². The van der Waals surface area contributed by atoms with Crippen LogP contribution in [0.3, 0.4) is 0 Å². The number of hydrogen-bond acceptors (Lipinski definition) is 4. The molecule has 3 aromatic rings. The lowest BCUT2D eigenvalue weighted by molar-refractivity contribution is -0.169. The molecule has 0 spiro atoms. The molecule has 2 heterocycles. The first-order chi connectivity index (χ1) is 11.3. The van der Waals surface area contributed by atoms with E-state index in [9.17, 15) is 13.2 Å². The standard InChI is InChI=1S/C16H15F3N4S/c1-11-3-5-12(6-4-11)15(16(17,18)19)22(2)24-14-10-23-8-7-20-13(23)9-21-14/h3-10,15H,1-2H3. The molecule has 0 saturated heterocycles. The Kier molecular flexibility index (Phi) is 4.51. The fraction of sp³-hybridized carbons (Fsp3) is 0.250. The molecule has 0 aliphatic carbocycles. The first-order valence-electron chi connectivity index (χ1n) is 7.17. The second kappa shape index (κ2) is 6.45. The highest BCUT2D eigenvalue weighted by Gasteiger charge is 2.44. The molecule has 0 radical (unpaired) electrons. The van der Waals surface area contributed by atoms with Gasteiger partial charge in [-0.3, -0.25) is 0 Å². The molecule has 0 amide bonds. The number of fused-ring (bicyclic) bond motifs is 1. The van der Waals surface area contributed by atoms with Crippen LogP contribution in [0.5, 0.6) is 0 Å². The number of hydrogen-bond donors (Lipinski definition) is 0. The fourth-order valence-electron chi connectivity index (χ4n) is 2.41. The van der Waals surface area contributed by atoms with Gasteiger partial charge in [0.25, 0.3) is 0 Å². The number of alkyl halides is 3. The van der Waals surface area contributed by atoms with Crippen molar-refractivity contribution in [3.8, 4) is 0 Å². The van der Waals surface area contributed by atoms with Gasteiger partial charge in [0.1, 0.15) is 11.1 Å². The molecule has 0 aliphatic rings. The molecule has 0 aliphatic heterocycles. The Morgan fingerprint density at radius 2 is 1.88 bits per heavy atom. The lowest BCUT2D eigenvalue weighted by Gasteiger charge is -2.29. The average molecular weight is 352 g/mol. The predicted molar refractivity (Wildman–Crippen MR) is 86.6 cm³/mol. The summed E-state index contributed by atoms with van der Waals surface area (Å²) in [7, 11) is 1.42. The van der Waals surface area contributed by atoms with Gasteiger partial charge in [0.15, 0.2) is 5.65 Å². The Morgan fingerprint density at radius 3 is 2.54 bits per heavy atom. The van der Waals surface area contributed by atoms with Crippen LogP contribution in [0, 0.1) is 6.92 Å². The number of aryl methyl sites for hydroxylation is 1. The van der Waals surface area contributed by atoms with Crippen LogP contribution in [0.15, 0.2) is 54.1 Å². The molecule has 1 aromatic carbocycles. The summed E-state index contributed by atoms with van der Waals surface area (Å²) < 4.78 is 43.6. The topological polar surface area (TPSA) is 33.4 Å². The van der Waals surface area contributed by atoms with Gasteiger partial charge in [-0.2, -0.15) is 13.2 Å². The van der Waals surface area contributed by atoms with Gasteiger partial charge in [-0.15, -0.1) is 0 Å². The summed E-state index contributed by atoms with van der Waals surface area (Å²) in [6.45, 7) is 1.84. The quantitative estimate of drug-likeness (QED) is 0.656. The molecule has 0 N–H and O–H groups in total. The van der Waals surface area contributed by atoms with E-state index >= 15 is 0 Å². The maximum absolute atomic E-state index is 13.6. The van der Waals surface area contributed by atoms with E-state index in [-0.39, 0.29) is 5.56 Å². The third-order valence-electron chi connectivity index (χ3n) is 3.56. The first kappa shape index (κ1) is 16.8. The van der Waals surface area contributed by atoms with Crippen LogP contribution < -0.4 is 0 Å². The summed E-state index contributed by atoms with van der Waals surface area (Å²) in [6, 6.07) is 4.67. The zero-order valence-corrected chi connectivity index (χ0v) is 13.8. The molecule has 24 heavy (non-hydrogen) atoms. The SMILES string of the molecule is Cc1ccc(C(N(C)Sc2cn3ccnc3cn2)C(F)(F)F)cc1. The van der Waals surface area contributed by atoms with Gasteiger partial charge in [-0.1, -0.05) is 29.8 Å². The summed E-state index contributed by atoms with van der Waals surface area (Å²) in [5.41, 5.74) is 1.77. The molecule has 8 heteroatoms. The van der Waals surface area contributed by atoms with E-state index < -0.39 is 12.2 Å². The van der Waals surface area contributed by atoms with Crippen molar-refractivity contribution in [2.75, 3.05) is 7.05 Å². The molecule has 3 rings (SSSR count). The highest BCUT2D eigenvalue weighted by Crippen LogP contribution is 2.41. The molecule has 126 valence electrons. The molecule has 0 bridgehead atoms. The van der Waals surface area contributed by atoms with Crippen molar-refractivity contribution in [1.29, 1.82) is 0 Å². The second-order valence-electron chi connectivity index (χ2n) is 5.41. The monoisotopic (exact) mass is 352 g/mol. The average Bonchev–Trinajstić information content (AvgIpc) is 2.95. The third kappa shape index (κ3) is 3.54. The Bertz CT molecular complexity index is 829. The molecular weight excluding hydrogens is 337 g/mol. The molecule has 0 saturated carbocycles. The summed E-state index contributed by atoms with van der Waals surface area (Å²) >= 11 is 0.949. The van der Waals surface area contributed by atoms with Crippen molar-refractivity contribution in [3.05, 3.63) is 60.2 Å². The van der Waals surface area contributed by atoms with Gasteiger partial charge in [0.2, 0.25) is 0 Å². The van der Waals surface area contributed by atoms with Gasteiger partial charge < -0.3 is 4.40 Å². The Balaban J connectivity index is 1.88. The number of benzene rings is 1. The zero-order chi connectivity index (χ0) is 17.3. The Morgan fingerprint density at radius 1 is 1.17 bits per heavy atom. The Hall–Kier alpha value is -2.06. The summed E-state index contributed by atoms with van der Waals surface area (Å²) in [6.07, 6.45) is 2.13. The van der Waals surface area contributed by atoms with E-state index in [2.05, 4.69) is 9.97 Å². The van der Waals surface area contributed by atoms with Gasteiger partial charge in [-0.05, 0) is 31.5 Å². The number of imidazole rings is 1. The van der Waals surface area contributed by atoms with Gasteiger partial charge in [0, 0.05) is 18.6 Å². The van der Waals surface area contributed by atoms with E-state index in [0.717, 1.165) is 17.5 Å². The normalized spacial score (nSPS) is 13.6. The van der Waals surface area contributed by atoms with Gasteiger partial charge >= 0.3 is 6.18 Å². The predicted octanol–water partition coefficient (Wildman–Crippen LogP) is 4.28. The molecule has 0 fully saturated rings. The number of rotatable bonds is 4. The molecular formula is C16H15F3N4S. The number of aromatic nitrogens is 3. The fourth-order valence-corrected chi connectivity index (χ4v) is 3.31.